The van der Waals surface area contributed by atoms with E-state index < -0.39 is 17.2 Å². The molecule has 3 atom stereocenters. The van der Waals surface area contributed by atoms with Crippen molar-refractivity contribution in [2.45, 2.75) is 79.0 Å². The van der Waals surface area contributed by atoms with E-state index in [9.17, 15) is 9.18 Å². The van der Waals surface area contributed by atoms with Gasteiger partial charge in [0.15, 0.2) is 5.82 Å². The second kappa shape index (κ2) is 12.1. The molecule has 4 aromatic rings. The Morgan fingerprint density at radius 1 is 1.04 bits per heavy atom. The third kappa shape index (κ3) is 6.54. The Bertz CT molecular complexity index is 1710. The summed E-state index contributed by atoms with van der Waals surface area (Å²) in [7, 11) is 0. The molecule has 0 spiro atoms. The van der Waals surface area contributed by atoms with Gasteiger partial charge in [0, 0.05) is 49.2 Å². The van der Waals surface area contributed by atoms with E-state index in [1.54, 1.807) is 18.5 Å². The number of fused-ring (bicyclic) bond motifs is 2. The first kappa shape index (κ1) is 31.0. The number of aromatic nitrogens is 5. The van der Waals surface area contributed by atoms with Crippen LogP contribution < -0.4 is 5.32 Å². The van der Waals surface area contributed by atoms with Gasteiger partial charge in [-0.2, -0.15) is 0 Å². The molecule has 1 unspecified atom stereocenters. The summed E-state index contributed by atoms with van der Waals surface area (Å²) in [5.41, 5.74) is 1.95. The number of rotatable bonds is 7. The predicted molar refractivity (Wildman–Crippen MR) is 169 cm³/mol. The maximum absolute atomic E-state index is 15.1. The average molecular weight is 618 g/mol. The van der Waals surface area contributed by atoms with Gasteiger partial charge in [-0.3, -0.25) is 9.69 Å². The molecule has 2 fully saturated rings. The summed E-state index contributed by atoms with van der Waals surface area (Å²) in [5, 5.41) is 3.05. The molecule has 11 heteroatoms. The van der Waals surface area contributed by atoms with Gasteiger partial charge in [-0.25, -0.2) is 28.7 Å². The highest BCUT2D eigenvalue weighted by atomic mass is 19.1. The molecule has 1 aromatic carbocycles. The zero-order valence-electron chi connectivity index (χ0n) is 26.8. The van der Waals surface area contributed by atoms with Crippen LogP contribution in [-0.4, -0.2) is 54.1 Å². The number of anilines is 2. The Balaban J connectivity index is 1.14. The number of ether oxygens (including phenoxy) is 1. The van der Waals surface area contributed by atoms with Gasteiger partial charge in [-0.1, -0.05) is 6.42 Å². The van der Waals surface area contributed by atoms with Crippen LogP contribution in [0.2, 0.25) is 0 Å². The third-order valence-corrected chi connectivity index (χ3v) is 8.84. The maximum Gasteiger partial charge on any atom is 0.309 e. The quantitative estimate of drug-likeness (QED) is 0.222. The summed E-state index contributed by atoms with van der Waals surface area (Å²) in [4.78, 5) is 32.8. The number of hydrogen-bond acceptors (Lipinski definition) is 8. The van der Waals surface area contributed by atoms with Gasteiger partial charge < -0.3 is 14.6 Å². The number of nitrogens with one attached hydrogen (secondary N) is 1. The fourth-order valence-corrected chi connectivity index (χ4v) is 7.04. The monoisotopic (exact) mass is 617 g/mol. The molecule has 1 aliphatic carbocycles. The first-order valence-corrected chi connectivity index (χ1v) is 15.7. The fourth-order valence-electron chi connectivity index (χ4n) is 7.04. The van der Waals surface area contributed by atoms with Gasteiger partial charge in [0.1, 0.15) is 28.6 Å². The van der Waals surface area contributed by atoms with Crippen LogP contribution in [0.15, 0.2) is 36.8 Å². The molecular formula is C34H41F2N7O2. The van der Waals surface area contributed by atoms with Crippen molar-refractivity contribution in [3.63, 3.8) is 0 Å². The van der Waals surface area contributed by atoms with E-state index in [2.05, 4.69) is 30.2 Å². The molecule has 1 saturated carbocycles. The van der Waals surface area contributed by atoms with E-state index in [1.165, 1.54) is 12.1 Å². The van der Waals surface area contributed by atoms with Crippen LogP contribution >= 0.6 is 0 Å². The summed E-state index contributed by atoms with van der Waals surface area (Å²) in [6, 6.07) is 4.66. The predicted octanol–water partition coefficient (Wildman–Crippen LogP) is 6.99. The smallest absolute Gasteiger partial charge is 0.309 e. The van der Waals surface area contributed by atoms with Crippen LogP contribution in [0.25, 0.3) is 22.2 Å². The van der Waals surface area contributed by atoms with E-state index in [0.29, 0.717) is 47.1 Å². The number of carbonyl (C=O) groups is 1. The number of nitrogens with zero attached hydrogens (tertiary/aromatic N) is 6. The van der Waals surface area contributed by atoms with Gasteiger partial charge in [-0.15, -0.1) is 0 Å². The van der Waals surface area contributed by atoms with E-state index in [1.807, 2.05) is 46.1 Å². The zero-order valence-corrected chi connectivity index (χ0v) is 26.8. The second-order valence-corrected chi connectivity index (χ2v) is 13.7. The number of pyridine rings is 1. The lowest BCUT2D eigenvalue weighted by Gasteiger charge is -2.33. The van der Waals surface area contributed by atoms with Crippen LogP contribution in [0.3, 0.4) is 0 Å². The Hall–Kier alpha value is -3.99. The molecule has 238 valence electrons. The van der Waals surface area contributed by atoms with Crippen LogP contribution in [0.5, 0.6) is 0 Å². The average Bonchev–Trinajstić information content (AvgIpc) is 3.54. The van der Waals surface area contributed by atoms with Crippen molar-refractivity contribution < 1.29 is 18.3 Å². The lowest BCUT2D eigenvalue weighted by molar-refractivity contribution is -0.163. The van der Waals surface area contributed by atoms with Crippen molar-refractivity contribution in [2.24, 2.45) is 17.8 Å². The van der Waals surface area contributed by atoms with Crippen LogP contribution in [0.4, 0.5) is 20.5 Å². The first-order valence-electron chi connectivity index (χ1n) is 15.7. The third-order valence-electron chi connectivity index (χ3n) is 8.84. The number of hydrogen-bond donors (Lipinski definition) is 1. The number of aryl methyl sites for hydroxylation is 1. The topological polar surface area (TPSA) is 98.1 Å². The number of esters is 1. The molecule has 9 nitrogen and oxygen atoms in total. The van der Waals surface area contributed by atoms with E-state index in [0.717, 1.165) is 44.1 Å². The molecule has 0 amide bonds. The molecule has 0 bridgehead atoms. The molecule has 4 heterocycles. The number of carbonyl (C=O) groups excluding carboxylic acids is 1. The van der Waals surface area contributed by atoms with E-state index in [-0.39, 0.29) is 29.0 Å². The number of halogens is 2. The van der Waals surface area contributed by atoms with Crippen molar-refractivity contribution >= 4 is 28.8 Å². The Morgan fingerprint density at radius 2 is 1.80 bits per heavy atom. The van der Waals surface area contributed by atoms with Crippen molar-refractivity contribution in [3.05, 3.63) is 59.8 Å². The van der Waals surface area contributed by atoms with Crippen molar-refractivity contribution in [1.29, 1.82) is 0 Å². The molecule has 2 aliphatic rings. The highest BCUT2D eigenvalue weighted by Gasteiger charge is 2.44. The SMILES string of the molecule is Cc1nc2c(F)cc(-c3cc(Nc4ncc(CN5C[C@@H]6CCCC(C(=O)OC(C)(C)C)[C@@H]6C5)cn4)ncc3F)cc2n1C(C)C. The highest BCUT2D eigenvalue weighted by molar-refractivity contribution is 5.84. The Labute approximate surface area is 262 Å². The van der Waals surface area contributed by atoms with Crippen molar-refractivity contribution in [2.75, 3.05) is 18.4 Å². The summed E-state index contributed by atoms with van der Waals surface area (Å²) in [6.07, 6.45) is 7.72. The first-order chi connectivity index (χ1) is 21.4. The summed E-state index contributed by atoms with van der Waals surface area (Å²) < 4.78 is 37.8. The lowest BCUT2D eigenvalue weighted by atomic mass is 9.74. The van der Waals surface area contributed by atoms with Gasteiger partial charge in [0.05, 0.1) is 17.6 Å². The molecule has 45 heavy (non-hydrogen) atoms. The van der Waals surface area contributed by atoms with Crippen LogP contribution in [-0.2, 0) is 16.1 Å². The largest absolute Gasteiger partial charge is 0.460 e. The molecule has 0 radical (unpaired) electrons. The second-order valence-electron chi connectivity index (χ2n) is 13.7. The number of imidazole rings is 1. The molecule has 1 N–H and O–H groups in total. The maximum atomic E-state index is 15.1. The molecule has 6 rings (SSSR count). The van der Waals surface area contributed by atoms with Crippen molar-refractivity contribution in [1.82, 2.24) is 29.4 Å². The highest BCUT2D eigenvalue weighted by Crippen LogP contribution is 2.41. The van der Waals surface area contributed by atoms with Gasteiger partial charge in [-0.05, 0) is 90.0 Å². The molecule has 1 aliphatic heterocycles. The minimum Gasteiger partial charge on any atom is -0.460 e. The van der Waals surface area contributed by atoms with Crippen molar-refractivity contribution in [3.8, 4) is 11.1 Å². The fraction of sp³-hybridized carbons (Fsp3) is 0.500. The Morgan fingerprint density at radius 3 is 2.51 bits per heavy atom. The minimum atomic E-state index is -0.567. The van der Waals surface area contributed by atoms with E-state index in [4.69, 9.17) is 4.74 Å². The molecular weight excluding hydrogens is 576 g/mol. The van der Waals surface area contributed by atoms with Crippen LogP contribution in [0.1, 0.15) is 71.3 Å². The number of likely N-dealkylation sites (tertiary alicyclic amines) is 1. The van der Waals surface area contributed by atoms with Gasteiger partial charge >= 0.3 is 5.97 Å². The number of benzene rings is 1. The zero-order chi connectivity index (χ0) is 32.0. The van der Waals surface area contributed by atoms with E-state index >= 15 is 4.39 Å². The van der Waals surface area contributed by atoms with Gasteiger partial charge in [0.25, 0.3) is 0 Å². The summed E-state index contributed by atoms with van der Waals surface area (Å²) in [6.45, 7) is 14.1. The minimum absolute atomic E-state index is 0.0520. The summed E-state index contributed by atoms with van der Waals surface area (Å²) >= 11 is 0. The van der Waals surface area contributed by atoms with Gasteiger partial charge in [0.2, 0.25) is 5.95 Å². The standard InChI is InChI=1S/C34H41F2N7O2/c1-19(2)43-20(3)40-31-27(35)10-23(11-29(31)43)25-12-30(37-15-28(25)36)41-33-38-13-21(14-39-33)16-42-17-22-8-7-9-24(26(22)18-42)32(44)45-34(4,5)6/h10-15,19,22,24,26H,7-9,16-18H2,1-6H3,(H,37,38,39,41)/t22-,24?,26+/m0/s1. The Kier molecular flexibility index (Phi) is 8.32. The molecule has 3 aromatic heterocycles. The van der Waals surface area contributed by atoms with Crippen LogP contribution in [0, 0.1) is 36.3 Å². The summed E-state index contributed by atoms with van der Waals surface area (Å²) in [5.74, 6) is 0.947. The lowest BCUT2D eigenvalue weighted by Crippen LogP contribution is -2.37. The normalized spacial score (nSPS) is 20.5. The molecule has 1 saturated heterocycles.